The Hall–Kier alpha value is -6.66. The van der Waals surface area contributed by atoms with Crippen LogP contribution in [0, 0.1) is 0 Å². The molecule has 24 nitrogen and oxygen atoms in total. The third-order valence-corrected chi connectivity index (χ3v) is 16.7. The lowest BCUT2D eigenvalue weighted by Crippen LogP contribution is -2.38. The molecule has 0 aliphatic rings. The maximum Gasteiger partial charge on any atom is 0.240 e. The number of carbonyl (C=O) groups is 6. The van der Waals surface area contributed by atoms with Gasteiger partial charge in [0.25, 0.3) is 0 Å². The number of nitrogens with zero attached hydrogens (tertiary/aromatic N) is 2. The summed E-state index contributed by atoms with van der Waals surface area (Å²) in [5.41, 5.74) is 1.20. The minimum absolute atomic E-state index is 0.0129. The number of sulfonamides is 4. The van der Waals surface area contributed by atoms with Crippen LogP contribution in [0.1, 0.15) is 51.4 Å². The fourth-order valence-corrected chi connectivity index (χ4v) is 9.74. The van der Waals surface area contributed by atoms with Crippen molar-refractivity contribution in [1.29, 1.82) is 0 Å². The summed E-state index contributed by atoms with van der Waals surface area (Å²) in [5.74, 6) is -3.08. The summed E-state index contributed by atoms with van der Waals surface area (Å²) in [7, 11) is -9.86. The van der Waals surface area contributed by atoms with E-state index in [1.165, 1.54) is 135 Å². The Kier molecular flexibility index (Phi) is 22.3. The molecule has 4 aromatic rings. The van der Waals surface area contributed by atoms with Crippen molar-refractivity contribution in [3.8, 4) is 0 Å². The summed E-state index contributed by atoms with van der Waals surface area (Å²) in [6, 6.07) is 21.7. The van der Waals surface area contributed by atoms with Gasteiger partial charge in [-0.3, -0.25) is 28.8 Å². The van der Waals surface area contributed by atoms with Gasteiger partial charge in [-0.2, -0.15) is 0 Å². The quantitative estimate of drug-likeness (QED) is 0.0386. The Morgan fingerprint density at radius 1 is 0.324 bits per heavy atom. The van der Waals surface area contributed by atoms with Gasteiger partial charge in [-0.25, -0.2) is 52.6 Å². The average Bonchev–Trinajstić information content (AvgIpc) is 3.38. The zero-order valence-corrected chi connectivity index (χ0v) is 44.2. The lowest BCUT2D eigenvalue weighted by molar-refractivity contribution is -0.137. The number of benzene rings is 4. The number of hydrogen-bond donors (Lipinski definition) is 8. The second-order valence-corrected chi connectivity index (χ2v) is 23.6. The third-order valence-electron chi connectivity index (χ3n) is 11.0. The summed E-state index contributed by atoms with van der Waals surface area (Å²) < 4.78 is 106. The molecule has 6 amide bonds. The minimum Gasteiger partial charge on any atom is -0.342 e. The Balaban J connectivity index is 1.44. The van der Waals surface area contributed by atoms with Crippen molar-refractivity contribution in [2.75, 3.05) is 75.6 Å². The molecule has 74 heavy (non-hydrogen) atoms. The molecule has 0 spiro atoms. The normalized spacial score (nSPS) is 11.8. The standard InChI is InChI=1S/C46H60N10O14S4/c1-47-71(63,64)37-17-9-33(10-18-37)51-41(57)7-5-29-55(31-27-43(59)53-35-13-21-39(22-14-35)73(67,68)49-3)45(61)25-26-46(62)56(32-28-44(60)54-36-15-23-40(24-16-36)74(69,70)50-4)30-6-8-42(58)52-34-11-19-38(20-12-34)72(65,66)48-2/h9-24,47-50H,5-8,25-32H2,1-4H3,(H,51,57)(H,52,58)(H,53,59)(H,54,60). The van der Waals surface area contributed by atoms with Crippen LogP contribution in [0.3, 0.4) is 0 Å². The van der Waals surface area contributed by atoms with E-state index in [9.17, 15) is 62.4 Å². The summed E-state index contributed by atoms with van der Waals surface area (Å²) in [4.78, 5) is 82.3. The van der Waals surface area contributed by atoms with Gasteiger partial charge in [0.2, 0.25) is 75.5 Å². The number of carbonyl (C=O) groups excluding carboxylic acids is 6. The van der Waals surface area contributed by atoms with E-state index < -0.39 is 75.5 Å². The van der Waals surface area contributed by atoms with Crippen LogP contribution in [-0.2, 0) is 68.9 Å². The fraction of sp³-hybridized carbons (Fsp3) is 0.348. The second kappa shape index (κ2) is 27.6. The zero-order valence-electron chi connectivity index (χ0n) is 41.0. The first kappa shape index (κ1) is 59.9. The molecule has 0 unspecified atom stereocenters. The van der Waals surface area contributed by atoms with E-state index in [4.69, 9.17) is 0 Å². The van der Waals surface area contributed by atoms with Crippen LogP contribution in [0.15, 0.2) is 117 Å². The molecule has 28 heteroatoms. The SMILES string of the molecule is CNS(=O)(=O)c1ccc(NC(=O)CCCN(CCC(=O)Nc2ccc(S(=O)(=O)NC)cc2)C(=O)CCC(=O)N(CCCC(=O)Nc2ccc(S(=O)(=O)NC)cc2)CCC(=O)Nc2ccc(S(=O)(=O)NC)cc2)cc1. The molecule has 0 aromatic heterocycles. The fourth-order valence-electron chi connectivity index (χ4n) is 6.82. The Morgan fingerprint density at radius 3 is 0.757 bits per heavy atom. The predicted octanol–water partition coefficient (Wildman–Crippen LogP) is 1.95. The molecule has 0 atom stereocenters. The van der Waals surface area contributed by atoms with Crippen molar-refractivity contribution < 1.29 is 62.4 Å². The second-order valence-electron chi connectivity index (χ2n) is 16.1. The van der Waals surface area contributed by atoms with Gasteiger partial charge in [0.1, 0.15) is 0 Å². The predicted molar refractivity (Wildman–Crippen MR) is 275 cm³/mol. The summed E-state index contributed by atoms with van der Waals surface area (Å²) in [6.45, 7) is -0.358. The molecule has 0 saturated carbocycles. The number of rotatable bonds is 29. The highest BCUT2D eigenvalue weighted by molar-refractivity contribution is 7.90. The molecule has 0 aliphatic carbocycles. The summed E-state index contributed by atoms with van der Waals surface area (Å²) in [6.07, 6.45) is -1.17. The van der Waals surface area contributed by atoms with Crippen molar-refractivity contribution in [2.45, 2.75) is 70.9 Å². The Labute approximate surface area is 431 Å². The molecule has 0 fully saturated rings. The van der Waals surface area contributed by atoms with Gasteiger partial charge in [0.15, 0.2) is 0 Å². The van der Waals surface area contributed by atoms with Crippen molar-refractivity contribution in [2.24, 2.45) is 0 Å². The lowest BCUT2D eigenvalue weighted by atomic mass is 10.2. The maximum atomic E-state index is 13.9. The highest BCUT2D eigenvalue weighted by Crippen LogP contribution is 2.19. The molecule has 0 bridgehead atoms. The van der Waals surface area contributed by atoms with Gasteiger partial charge >= 0.3 is 0 Å². The minimum atomic E-state index is -3.74. The van der Waals surface area contributed by atoms with E-state index in [0.29, 0.717) is 11.4 Å². The number of amides is 6. The zero-order chi connectivity index (χ0) is 54.7. The molecular weight excluding hydrogens is 1040 g/mol. The molecule has 402 valence electrons. The molecule has 0 saturated heterocycles. The first-order valence-electron chi connectivity index (χ1n) is 22.8. The number of anilines is 4. The molecule has 4 aromatic carbocycles. The first-order chi connectivity index (χ1) is 34.9. The van der Waals surface area contributed by atoms with E-state index >= 15 is 0 Å². The largest absolute Gasteiger partial charge is 0.342 e. The van der Waals surface area contributed by atoms with Gasteiger partial charge in [-0.15, -0.1) is 0 Å². The lowest BCUT2D eigenvalue weighted by Gasteiger charge is -2.25. The topological polar surface area (TPSA) is 342 Å². The van der Waals surface area contributed by atoms with E-state index in [2.05, 4.69) is 40.2 Å². The molecule has 8 N–H and O–H groups in total. The van der Waals surface area contributed by atoms with Gasteiger partial charge in [-0.05, 0) is 138 Å². The Bertz CT molecular complexity index is 2860. The highest BCUT2D eigenvalue weighted by atomic mass is 32.2. The van der Waals surface area contributed by atoms with Gasteiger partial charge < -0.3 is 31.1 Å². The van der Waals surface area contributed by atoms with Crippen LogP contribution < -0.4 is 40.2 Å². The maximum absolute atomic E-state index is 13.9. The van der Waals surface area contributed by atoms with Gasteiger partial charge in [0, 0.05) is 87.5 Å². The van der Waals surface area contributed by atoms with Crippen LogP contribution in [0.25, 0.3) is 0 Å². The highest BCUT2D eigenvalue weighted by Gasteiger charge is 2.22. The van der Waals surface area contributed by atoms with E-state index in [-0.39, 0.29) is 109 Å². The smallest absolute Gasteiger partial charge is 0.240 e. The number of hydrogen-bond acceptors (Lipinski definition) is 14. The van der Waals surface area contributed by atoms with Crippen molar-refractivity contribution in [1.82, 2.24) is 28.7 Å². The van der Waals surface area contributed by atoms with Crippen LogP contribution in [0.2, 0.25) is 0 Å². The van der Waals surface area contributed by atoms with Crippen LogP contribution >= 0.6 is 0 Å². The molecule has 0 heterocycles. The van der Waals surface area contributed by atoms with Crippen LogP contribution in [-0.4, -0.2) is 133 Å². The van der Waals surface area contributed by atoms with E-state index in [1.807, 2.05) is 0 Å². The summed E-state index contributed by atoms with van der Waals surface area (Å²) in [5, 5.41) is 10.6. The van der Waals surface area contributed by atoms with Gasteiger partial charge in [-0.1, -0.05) is 0 Å². The van der Waals surface area contributed by atoms with Crippen molar-refractivity contribution >= 4 is 98.3 Å². The van der Waals surface area contributed by atoms with Crippen LogP contribution in [0.4, 0.5) is 22.7 Å². The van der Waals surface area contributed by atoms with Crippen molar-refractivity contribution in [3.05, 3.63) is 97.1 Å². The van der Waals surface area contributed by atoms with E-state index in [0.717, 1.165) is 0 Å². The molecule has 0 aliphatic heterocycles. The first-order valence-corrected chi connectivity index (χ1v) is 28.7. The molecule has 0 radical (unpaired) electrons. The van der Waals surface area contributed by atoms with Gasteiger partial charge in [0.05, 0.1) is 19.6 Å². The Morgan fingerprint density at radius 2 is 0.541 bits per heavy atom. The third kappa shape index (κ3) is 18.7. The number of nitrogens with one attached hydrogen (secondary N) is 8. The van der Waals surface area contributed by atoms with Crippen molar-refractivity contribution in [3.63, 3.8) is 0 Å². The molecular formula is C46H60N10O14S4. The van der Waals surface area contributed by atoms with E-state index in [1.54, 1.807) is 0 Å². The molecule has 4 rings (SSSR count). The average molecular weight is 1110 g/mol. The van der Waals surface area contributed by atoms with Crippen LogP contribution in [0.5, 0.6) is 0 Å². The monoisotopic (exact) mass is 1100 g/mol. The summed E-state index contributed by atoms with van der Waals surface area (Å²) >= 11 is 0.